The molecule has 0 amide bonds. The molecule has 1 atom stereocenters. The zero-order valence-electron chi connectivity index (χ0n) is 13.5. The predicted octanol–water partition coefficient (Wildman–Crippen LogP) is 3.33. The Balaban J connectivity index is 1.36. The molecule has 1 aromatic carbocycles. The van der Waals surface area contributed by atoms with E-state index in [2.05, 4.69) is 21.2 Å². The first-order chi connectivity index (χ1) is 11.3. The molecule has 0 N–H and O–H groups in total. The maximum absolute atomic E-state index is 5.80. The van der Waals surface area contributed by atoms with Crippen LogP contribution in [0.1, 0.15) is 36.8 Å². The van der Waals surface area contributed by atoms with Crippen LogP contribution in [0, 0.1) is 0 Å². The van der Waals surface area contributed by atoms with Crippen LogP contribution >= 0.6 is 0 Å². The van der Waals surface area contributed by atoms with Gasteiger partial charge in [0.1, 0.15) is 5.52 Å². The fourth-order valence-electron chi connectivity index (χ4n) is 3.54. The van der Waals surface area contributed by atoms with E-state index in [1.165, 1.54) is 24.9 Å². The van der Waals surface area contributed by atoms with Crippen molar-refractivity contribution in [3.63, 3.8) is 0 Å². The van der Waals surface area contributed by atoms with Gasteiger partial charge >= 0.3 is 0 Å². The van der Waals surface area contributed by atoms with E-state index in [4.69, 9.17) is 4.42 Å². The Kier molecular flexibility index (Phi) is 3.87. The number of nitrogens with zero attached hydrogens (tertiary/aromatic N) is 4. The predicted molar refractivity (Wildman–Crippen MR) is 89.1 cm³/mol. The number of benzene rings is 1. The van der Waals surface area contributed by atoms with Gasteiger partial charge in [-0.1, -0.05) is 12.1 Å². The number of rotatable bonds is 5. The summed E-state index contributed by atoms with van der Waals surface area (Å²) in [6, 6.07) is 8.48. The molecule has 4 rings (SSSR count). The molecule has 1 fully saturated rings. The molecule has 3 aromatic rings. The van der Waals surface area contributed by atoms with Crippen molar-refractivity contribution >= 4 is 11.1 Å². The normalized spacial score (nSPS) is 18.9. The van der Waals surface area contributed by atoms with Crippen molar-refractivity contribution < 1.29 is 4.42 Å². The van der Waals surface area contributed by atoms with E-state index in [1.54, 1.807) is 0 Å². The summed E-state index contributed by atoms with van der Waals surface area (Å²) in [5, 5.41) is 4.31. The monoisotopic (exact) mass is 310 g/mol. The molecule has 0 spiro atoms. The molecular weight excluding hydrogens is 288 g/mol. The highest BCUT2D eigenvalue weighted by molar-refractivity contribution is 5.72. The molecule has 0 radical (unpaired) electrons. The molecule has 5 nitrogen and oxygen atoms in total. The van der Waals surface area contributed by atoms with Gasteiger partial charge in [0.05, 0.1) is 6.20 Å². The van der Waals surface area contributed by atoms with E-state index >= 15 is 0 Å². The zero-order valence-corrected chi connectivity index (χ0v) is 13.5. The topological polar surface area (TPSA) is 47.1 Å². The second kappa shape index (κ2) is 6.16. The summed E-state index contributed by atoms with van der Waals surface area (Å²) >= 11 is 0. The highest BCUT2D eigenvalue weighted by Gasteiger charge is 2.26. The van der Waals surface area contributed by atoms with E-state index in [0.717, 1.165) is 36.4 Å². The van der Waals surface area contributed by atoms with Crippen molar-refractivity contribution in [2.24, 2.45) is 7.05 Å². The molecule has 0 unspecified atom stereocenters. The second-order valence-corrected chi connectivity index (χ2v) is 6.32. The van der Waals surface area contributed by atoms with Gasteiger partial charge in [-0.3, -0.25) is 9.58 Å². The third kappa shape index (κ3) is 3.01. The average molecular weight is 310 g/mol. The Labute approximate surface area is 135 Å². The van der Waals surface area contributed by atoms with Crippen LogP contribution in [-0.2, 0) is 13.5 Å². The Hall–Kier alpha value is -2.14. The smallest absolute Gasteiger partial charge is 0.195 e. The first-order valence-electron chi connectivity index (χ1n) is 8.36. The van der Waals surface area contributed by atoms with Crippen LogP contribution in [0.3, 0.4) is 0 Å². The lowest BCUT2D eigenvalue weighted by molar-refractivity contribution is 0.252. The van der Waals surface area contributed by atoms with Crippen LogP contribution in [0.2, 0.25) is 0 Å². The van der Waals surface area contributed by atoms with Crippen molar-refractivity contribution in [1.29, 1.82) is 0 Å². The molecule has 0 bridgehead atoms. The van der Waals surface area contributed by atoms with Crippen LogP contribution in [0.25, 0.3) is 11.1 Å². The molecule has 0 saturated carbocycles. The molecule has 1 saturated heterocycles. The largest absolute Gasteiger partial charge is 0.441 e. The Morgan fingerprint density at radius 2 is 2.22 bits per heavy atom. The summed E-state index contributed by atoms with van der Waals surface area (Å²) in [6.45, 7) is 2.26. The number of fused-ring (bicyclic) bond motifs is 1. The van der Waals surface area contributed by atoms with Gasteiger partial charge in [-0.15, -0.1) is 0 Å². The molecule has 120 valence electrons. The maximum Gasteiger partial charge on any atom is 0.195 e. The third-order valence-electron chi connectivity index (χ3n) is 4.65. The van der Waals surface area contributed by atoms with Gasteiger partial charge in [0.25, 0.3) is 0 Å². The molecule has 0 aliphatic carbocycles. The first kappa shape index (κ1) is 14.5. The van der Waals surface area contributed by atoms with Gasteiger partial charge in [-0.2, -0.15) is 5.10 Å². The van der Waals surface area contributed by atoms with Gasteiger partial charge < -0.3 is 4.42 Å². The lowest BCUT2D eigenvalue weighted by atomic mass is 10.1. The summed E-state index contributed by atoms with van der Waals surface area (Å²) < 4.78 is 7.70. The van der Waals surface area contributed by atoms with Gasteiger partial charge in [0, 0.05) is 31.3 Å². The van der Waals surface area contributed by atoms with Crippen molar-refractivity contribution in [3.8, 4) is 0 Å². The Bertz CT molecular complexity index is 758. The SMILES string of the molecule is Cn1cc([C@@H]2CCCN2CCCc2nc3ccccc3o2)cn1. The first-order valence-corrected chi connectivity index (χ1v) is 8.36. The van der Waals surface area contributed by atoms with E-state index in [1.807, 2.05) is 42.2 Å². The molecule has 23 heavy (non-hydrogen) atoms. The number of para-hydroxylation sites is 2. The number of oxazole rings is 1. The van der Waals surface area contributed by atoms with Crippen LogP contribution in [0.15, 0.2) is 41.1 Å². The minimum absolute atomic E-state index is 0.521. The minimum Gasteiger partial charge on any atom is -0.441 e. The van der Waals surface area contributed by atoms with Crippen LogP contribution in [0.5, 0.6) is 0 Å². The van der Waals surface area contributed by atoms with Crippen molar-refractivity contribution in [3.05, 3.63) is 48.1 Å². The van der Waals surface area contributed by atoms with Gasteiger partial charge in [-0.05, 0) is 44.5 Å². The zero-order chi connectivity index (χ0) is 15.6. The second-order valence-electron chi connectivity index (χ2n) is 6.32. The molecule has 2 aromatic heterocycles. The number of hydrogen-bond donors (Lipinski definition) is 0. The maximum atomic E-state index is 5.80. The standard InChI is InChI=1S/C18H22N4O/c1-21-13-14(12-19-21)16-7-4-10-22(16)11-5-9-18-20-15-6-2-3-8-17(15)23-18/h2-3,6,8,12-13,16H,4-5,7,9-11H2,1H3/t16-/m0/s1. The molecule has 3 heterocycles. The van der Waals surface area contributed by atoms with E-state index in [9.17, 15) is 0 Å². The van der Waals surface area contributed by atoms with Gasteiger partial charge in [0.2, 0.25) is 0 Å². The van der Waals surface area contributed by atoms with E-state index in [0.29, 0.717) is 6.04 Å². The Morgan fingerprint density at radius 3 is 3.04 bits per heavy atom. The van der Waals surface area contributed by atoms with Crippen molar-refractivity contribution in [2.45, 2.75) is 31.7 Å². The fraction of sp³-hybridized carbons (Fsp3) is 0.444. The molecule has 5 heteroatoms. The summed E-state index contributed by atoms with van der Waals surface area (Å²) in [6.07, 6.45) is 8.61. The quantitative estimate of drug-likeness (QED) is 0.725. The molecule has 1 aliphatic heterocycles. The summed E-state index contributed by atoms with van der Waals surface area (Å²) in [5.74, 6) is 0.850. The highest BCUT2D eigenvalue weighted by atomic mass is 16.3. The lowest BCUT2D eigenvalue weighted by Gasteiger charge is -2.23. The van der Waals surface area contributed by atoms with Crippen LogP contribution in [-0.4, -0.2) is 32.8 Å². The van der Waals surface area contributed by atoms with Crippen molar-refractivity contribution in [2.75, 3.05) is 13.1 Å². The average Bonchev–Trinajstić information content (AvgIpc) is 3.25. The minimum atomic E-state index is 0.521. The Morgan fingerprint density at radius 1 is 1.30 bits per heavy atom. The van der Waals surface area contributed by atoms with E-state index in [-0.39, 0.29) is 0 Å². The van der Waals surface area contributed by atoms with Crippen LogP contribution < -0.4 is 0 Å². The van der Waals surface area contributed by atoms with E-state index < -0.39 is 0 Å². The summed E-state index contributed by atoms with van der Waals surface area (Å²) in [4.78, 5) is 7.13. The number of aromatic nitrogens is 3. The molecule has 1 aliphatic rings. The number of aryl methyl sites for hydroxylation is 2. The van der Waals surface area contributed by atoms with Gasteiger partial charge in [-0.25, -0.2) is 4.98 Å². The number of likely N-dealkylation sites (tertiary alicyclic amines) is 1. The number of hydrogen-bond acceptors (Lipinski definition) is 4. The molecular formula is C18H22N4O. The van der Waals surface area contributed by atoms with Crippen LogP contribution in [0.4, 0.5) is 0 Å². The van der Waals surface area contributed by atoms with Gasteiger partial charge in [0.15, 0.2) is 11.5 Å². The fourth-order valence-corrected chi connectivity index (χ4v) is 3.54. The summed E-state index contributed by atoms with van der Waals surface area (Å²) in [7, 11) is 1.98. The highest BCUT2D eigenvalue weighted by Crippen LogP contribution is 2.31. The third-order valence-corrected chi connectivity index (χ3v) is 4.65. The lowest BCUT2D eigenvalue weighted by Crippen LogP contribution is -2.24. The van der Waals surface area contributed by atoms with Crippen molar-refractivity contribution in [1.82, 2.24) is 19.7 Å². The summed E-state index contributed by atoms with van der Waals surface area (Å²) in [5.41, 5.74) is 3.18.